The Morgan fingerprint density at radius 1 is 1.10 bits per heavy atom. The van der Waals surface area contributed by atoms with Crippen molar-refractivity contribution >= 4 is 35.1 Å². The summed E-state index contributed by atoms with van der Waals surface area (Å²) in [6.07, 6.45) is -9.75. The molecule has 0 aromatic heterocycles. The van der Waals surface area contributed by atoms with Crippen LogP contribution in [0.3, 0.4) is 0 Å². The Morgan fingerprint density at radius 2 is 1.58 bits per heavy atom. The Bertz CT molecular complexity index is 735. The zero-order valence-corrected chi connectivity index (χ0v) is 16.1. The summed E-state index contributed by atoms with van der Waals surface area (Å²) < 4.78 is 75.8. The van der Waals surface area contributed by atoms with Gasteiger partial charge in [0, 0.05) is 23.3 Å². The van der Waals surface area contributed by atoms with E-state index in [1.807, 2.05) is 6.07 Å². The van der Waals surface area contributed by atoms with Gasteiger partial charge in [-0.1, -0.05) is 17.7 Å². The number of halogens is 8. The first-order valence-electron chi connectivity index (χ1n) is 8.05. The zero-order valence-electron chi connectivity index (χ0n) is 15.3. The van der Waals surface area contributed by atoms with Crippen LogP contribution in [0.4, 0.5) is 36.4 Å². The summed E-state index contributed by atoms with van der Waals surface area (Å²) in [6, 6.07) is 7.16. The van der Waals surface area contributed by atoms with E-state index >= 15 is 0 Å². The molecule has 1 amide bonds. The Labute approximate surface area is 175 Å². The number of nitrogens with zero attached hydrogens (tertiary/aromatic N) is 1. The molecule has 1 aliphatic rings. The molecule has 31 heavy (non-hydrogen) atoms. The fraction of sp³-hybridized carbons (Fsp3) is 0.438. The van der Waals surface area contributed by atoms with Crippen LogP contribution in [0.5, 0.6) is 0 Å². The summed E-state index contributed by atoms with van der Waals surface area (Å²) >= 11 is 5.90. The van der Waals surface area contributed by atoms with Gasteiger partial charge in [0.1, 0.15) is 0 Å². The molecule has 1 saturated heterocycles. The van der Waals surface area contributed by atoms with Gasteiger partial charge in [0.25, 0.3) is 0 Å². The van der Waals surface area contributed by atoms with E-state index in [1.165, 1.54) is 0 Å². The van der Waals surface area contributed by atoms with Gasteiger partial charge in [-0.3, -0.25) is 9.18 Å². The highest BCUT2D eigenvalue weighted by molar-refractivity contribution is 6.30. The summed E-state index contributed by atoms with van der Waals surface area (Å²) in [5.74, 6) is -5.53. The minimum absolute atomic E-state index is 0.0108. The smallest absolute Gasteiger partial charge is 0.475 e. The quantitative estimate of drug-likeness (QED) is 0.569. The molecule has 1 atom stereocenters. The second-order valence-electron chi connectivity index (χ2n) is 5.65. The van der Waals surface area contributed by atoms with E-state index < -0.39 is 24.3 Å². The molecule has 1 aliphatic heterocycles. The lowest BCUT2D eigenvalue weighted by Gasteiger charge is -2.33. The summed E-state index contributed by atoms with van der Waals surface area (Å²) in [7, 11) is 0. The molecule has 0 spiro atoms. The van der Waals surface area contributed by atoms with Crippen molar-refractivity contribution in [1.29, 1.82) is 0 Å². The lowest BCUT2D eigenvalue weighted by Crippen LogP contribution is -2.54. The van der Waals surface area contributed by atoms with Crippen molar-refractivity contribution in [3.8, 4) is 0 Å². The third kappa shape index (κ3) is 11.4. The number of aliphatic carboxylic acids is 2. The molecule has 15 heteroatoms. The molecule has 2 rings (SSSR count). The highest BCUT2D eigenvalue weighted by Gasteiger charge is 2.38. The molecule has 7 nitrogen and oxygen atoms in total. The molecule has 176 valence electrons. The fourth-order valence-electron chi connectivity index (χ4n) is 1.93. The number of piperazine rings is 1. The number of benzene rings is 1. The number of anilines is 1. The summed E-state index contributed by atoms with van der Waals surface area (Å²) in [6.45, 7) is 0.357. The second-order valence-corrected chi connectivity index (χ2v) is 6.08. The molecule has 0 unspecified atom stereocenters. The molecule has 0 radical (unpaired) electrons. The van der Waals surface area contributed by atoms with Crippen LogP contribution < -0.4 is 10.2 Å². The number of nitrogens with one attached hydrogen (secondary N) is 1. The van der Waals surface area contributed by atoms with Crippen LogP contribution in [0.15, 0.2) is 24.3 Å². The van der Waals surface area contributed by atoms with Crippen molar-refractivity contribution in [2.45, 2.75) is 24.8 Å². The monoisotopic (exact) mass is 484 g/mol. The van der Waals surface area contributed by atoms with Gasteiger partial charge < -0.3 is 20.4 Å². The van der Waals surface area contributed by atoms with Crippen LogP contribution in [0.25, 0.3) is 0 Å². The summed E-state index contributed by atoms with van der Waals surface area (Å²) in [4.78, 5) is 31.2. The molecule has 3 N–H and O–H groups in total. The van der Waals surface area contributed by atoms with Crippen LogP contribution >= 0.6 is 11.6 Å². The molecular weight excluding hydrogens is 469 g/mol. The molecule has 0 bridgehead atoms. The minimum Gasteiger partial charge on any atom is -0.475 e. The maximum atomic E-state index is 12.3. The van der Waals surface area contributed by atoms with Crippen LogP contribution in [0.1, 0.15) is 6.42 Å². The predicted octanol–water partition coefficient (Wildman–Crippen LogP) is 3.27. The van der Waals surface area contributed by atoms with Gasteiger partial charge in [-0.15, -0.1) is 0 Å². The average Bonchev–Trinajstić information content (AvgIpc) is 2.63. The number of carbonyl (C=O) groups is 3. The Morgan fingerprint density at radius 3 is 1.97 bits per heavy atom. The highest BCUT2D eigenvalue weighted by Crippen LogP contribution is 2.21. The van der Waals surface area contributed by atoms with Crippen molar-refractivity contribution in [3.05, 3.63) is 29.3 Å². The first kappa shape index (κ1) is 28.4. The predicted molar refractivity (Wildman–Crippen MR) is 93.6 cm³/mol. The number of rotatable bonds is 3. The third-order valence-corrected chi connectivity index (χ3v) is 3.54. The summed E-state index contributed by atoms with van der Waals surface area (Å²) in [5.41, 5.74) is 0.771. The molecule has 0 saturated carbocycles. The van der Waals surface area contributed by atoms with Crippen molar-refractivity contribution in [3.63, 3.8) is 0 Å². The highest BCUT2D eigenvalue weighted by atomic mass is 35.5. The number of carboxylic acids is 2. The molecule has 1 aromatic carbocycles. The van der Waals surface area contributed by atoms with E-state index in [-0.39, 0.29) is 25.2 Å². The molecular formula is C16H16ClF7N2O5. The van der Waals surface area contributed by atoms with Crippen molar-refractivity contribution in [2.75, 3.05) is 24.7 Å². The second kappa shape index (κ2) is 12.3. The minimum atomic E-state index is -5.08. The number of carbonyl (C=O) groups excluding carboxylic acids is 1. The Hall–Kier alpha value is -2.61. The van der Waals surface area contributed by atoms with Gasteiger partial charge in [0.2, 0.25) is 5.91 Å². The first-order chi connectivity index (χ1) is 14.1. The van der Waals surface area contributed by atoms with E-state index in [9.17, 15) is 35.5 Å². The van der Waals surface area contributed by atoms with E-state index in [1.54, 1.807) is 23.1 Å². The topological polar surface area (TPSA) is 107 Å². The van der Waals surface area contributed by atoms with E-state index in [0.717, 1.165) is 5.69 Å². The van der Waals surface area contributed by atoms with E-state index in [2.05, 4.69) is 5.32 Å². The normalized spacial score (nSPS) is 16.5. The van der Waals surface area contributed by atoms with Crippen LogP contribution in [0.2, 0.25) is 5.02 Å². The van der Waals surface area contributed by atoms with E-state index in [4.69, 9.17) is 31.4 Å². The van der Waals surface area contributed by atoms with Crippen molar-refractivity contribution in [1.82, 2.24) is 5.32 Å². The Kier molecular flexibility index (Phi) is 11.3. The zero-order chi connectivity index (χ0) is 24.4. The lowest BCUT2D eigenvalue weighted by molar-refractivity contribution is -0.193. The molecule has 1 heterocycles. The maximum absolute atomic E-state index is 12.3. The standard InChI is InChI=1S/C12H14ClFN2O.2C2HF3O2/c13-9-2-1-3-11(6-9)16-8-10(4-5-14)15-7-12(16)17;2*3-2(4,5)1(6)7/h1-3,6,10,15H,4-5,7-8H2;2*(H,6,7)/t10-;;/m0../s1. The van der Waals surface area contributed by atoms with Gasteiger partial charge in [0.05, 0.1) is 13.2 Å². The average molecular weight is 485 g/mol. The number of hydrogen-bond donors (Lipinski definition) is 3. The number of carboxylic acid groups (broad SMARTS) is 2. The lowest BCUT2D eigenvalue weighted by atomic mass is 10.1. The maximum Gasteiger partial charge on any atom is 0.490 e. The van der Waals surface area contributed by atoms with Crippen molar-refractivity contribution < 1.29 is 55.3 Å². The molecule has 1 fully saturated rings. The van der Waals surface area contributed by atoms with Gasteiger partial charge >= 0.3 is 24.3 Å². The number of alkyl halides is 7. The van der Waals surface area contributed by atoms with Gasteiger partial charge in [-0.2, -0.15) is 26.3 Å². The SMILES string of the molecule is O=C(O)C(F)(F)F.O=C(O)C(F)(F)F.O=C1CN[C@@H](CCF)CN1c1cccc(Cl)c1. The van der Waals surface area contributed by atoms with Crippen molar-refractivity contribution in [2.24, 2.45) is 0 Å². The van der Waals surface area contributed by atoms with Gasteiger partial charge in [0.15, 0.2) is 0 Å². The van der Waals surface area contributed by atoms with Crippen LogP contribution in [-0.4, -0.2) is 66.2 Å². The van der Waals surface area contributed by atoms with Crippen LogP contribution in [-0.2, 0) is 14.4 Å². The number of amides is 1. The van der Waals surface area contributed by atoms with Gasteiger partial charge in [-0.05, 0) is 24.6 Å². The van der Waals surface area contributed by atoms with E-state index in [0.29, 0.717) is 18.0 Å². The first-order valence-corrected chi connectivity index (χ1v) is 8.42. The summed E-state index contributed by atoms with van der Waals surface area (Å²) in [5, 5.41) is 17.9. The van der Waals surface area contributed by atoms with Gasteiger partial charge in [-0.25, -0.2) is 9.59 Å². The largest absolute Gasteiger partial charge is 0.490 e. The fourth-order valence-corrected chi connectivity index (χ4v) is 2.12. The molecule has 0 aliphatic carbocycles. The molecule has 1 aromatic rings. The Balaban J connectivity index is 0.000000536. The number of hydrogen-bond acceptors (Lipinski definition) is 4. The third-order valence-electron chi connectivity index (χ3n) is 3.31. The van der Waals surface area contributed by atoms with Crippen LogP contribution in [0, 0.1) is 0 Å².